The van der Waals surface area contributed by atoms with Gasteiger partial charge in [0.2, 0.25) is 0 Å². The lowest BCUT2D eigenvalue weighted by molar-refractivity contribution is 0.0526. The van der Waals surface area contributed by atoms with E-state index in [-0.39, 0.29) is 22.3 Å². The highest BCUT2D eigenvalue weighted by molar-refractivity contribution is 6.43. The molecule has 0 unspecified atom stereocenters. The fourth-order valence-corrected chi connectivity index (χ4v) is 1.36. The van der Waals surface area contributed by atoms with Gasteiger partial charge in [-0.1, -0.05) is 23.2 Å². The average molecular weight is 270 g/mol. The zero-order chi connectivity index (χ0) is 12.3. The number of ether oxygens (including phenoxy) is 1. The van der Waals surface area contributed by atoms with Crippen LogP contribution in [-0.2, 0) is 4.74 Å². The summed E-state index contributed by atoms with van der Waals surface area (Å²) >= 11 is 11.2. The maximum Gasteiger partial charge on any atom is 0.339 e. The Morgan fingerprint density at radius 1 is 1.56 bits per heavy atom. The van der Waals surface area contributed by atoms with E-state index in [1.165, 1.54) is 0 Å². The SMILES string of the molecule is CCOC(=O)c1cc(C(F)F)nc(Cl)c1Cl. The van der Waals surface area contributed by atoms with Crippen LogP contribution in [0.4, 0.5) is 8.78 Å². The summed E-state index contributed by atoms with van der Waals surface area (Å²) in [6, 6.07) is 0.872. The van der Waals surface area contributed by atoms with Gasteiger partial charge in [0.05, 0.1) is 17.2 Å². The van der Waals surface area contributed by atoms with Crippen LogP contribution in [0.5, 0.6) is 0 Å². The number of esters is 1. The Kier molecular flexibility index (Phi) is 4.44. The van der Waals surface area contributed by atoms with Crippen molar-refractivity contribution in [3.63, 3.8) is 0 Å². The van der Waals surface area contributed by atoms with E-state index < -0.39 is 18.1 Å². The molecule has 1 aromatic heterocycles. The molecular formula is C9H7Cl2F2NO2. The minimum atomic E-state index is -2.83. The summed E-state index contributed by atoms with van der Waals surface area (Å²) < 4.78 is 29.4. The number of hydrogen-bond acceptors (Lipinski definition) is 3. The van der Waals surface area contributed by atoms with Gasteiger partial charge in [-0.25, -0.2) is 18.6 Å². The predicted octanol–water partition coefficient (Wildman–Crippen LogP) is 3.50. The highest BCUT2D eigenvalue weighted by atomic mass is 35.5. The molecule has 0 fully saturated rings. The summed E-state index contributed by atoms with van der Waals surface area (Å²) in [5.74, 6) is -0.807. The van der Waals surface area contributed by atoms with Crippen molar-refractivity contribution in [2.24, 2.45) is 0 Å². The largest absolute Gasteiger partial charge is 0.462 e. The minimum absolute atomic E-state index is 0.110. The van der Waals surface area contributed by atoms with Crippen molar-refractivity contribution in [2.45, 2.75) is 13.3 Å². The number of aromatic nitrogens is 1. The normalized spacial score (nSPS) is 10.6. The van der Waals surface area contributed by atoms with Gasteiger partial charge in [0.25, 0.3) is 6.43 Å². The fourth-order valence-electron chi connectivity index (χ4n) is 0.986. The molecule has 0 bridgehead atoms. The molecule has 0 amide bonds. The molecule has 1 heterocycles. The maximum atomic E-state index is 12.4. The van der Waals surface area contributed by atoms with E-state index in [4.69, 9.17) is 23.2 Å². The van der Waals surface area contributed by atoms with Gasteiger partial charge in [0.15, 0.2) is 0 Å². The van der Waals surface area contributed by atoms with E-state index >= 15 is 0 Å². The standard InChI is InChI=1S/C9H7Cl2F2NO2/c1-2-16-9(15)4-3-5(8(12)13)14-7(11)6(4)10/h3,8H,2H2,1H3. The van der Waals surface area contributed by atoms with Gasteiger partial charge < -0.3 is 4.74 Å². The van der Waals surface area contributed by atoms with Crippen molar-refractivity contribution in [3.8, 4) is 0 Å². The fraction of sp³-hybridized carbons (Fsp3) is 0.333. The zero-order valence-electron chi connectivity index (χ0n) is 8.14. The molecule has 88 valence electrons. The Morgan fingerprint density at radius 2 is 2.19 bits per heavy atom. The van der Waals surface area contributed by atoms with Crippen molar-refractivity contribution in [1.29, 1.82) is 0 Å². The van der Waals surface area contributed by atoms with Crippen LogP contribution in [0.2, 0.25) is 10.2 Å². The smallest absolute Gasteiger partial charge is 0.339 e. The monoisotopic (exact) mass is 269 g/mol. The molecule has 0 aliphatic heterocycles. The van der Waals surface area contributed by atoms with E-state index in [0.29, 0.717) is 0 Å². The highest BCUT2D eigenvalue weighted by Gasteiger charge is 2.20. The first-order chi connectivity index (χ1) is 7.47. The molecule has 0 saturated carbocycles. The van der Waals surface area contributed by atoms with Crippen molar-refractivity contribution in [3.05, 3.63) is 27.5 Å². The van der Waals surface area contributed by atoms with Crippen molar-refractivity contribution in [2.75, 3.05) is 6.61 Å². The Hall–Kier alpha value is -0.940. The number of pyridine rings is 1. The Labute approximate surface area is 100 Å². The molecular weight excluding hydrogens is 263 g/mol. The Bertz CT molecular complexity index is 413. The minimum Gasteiger partial charge on any atom is -0.462 e. The molecule has 0 aliphatic carbocycles. The molecule has 0 aliphatic rings. The number of nitrogens with zero attached hydrogens (tertiary/aromatic N) is 1. The number of carbonyl (C=O) groups is 1. The van der Waals surface area contributed by atoms with Crippen LogP contribution in [0, 0.1) is 0 Å². The molecule has 7 heteroatoms. The number of alkyl halides is 2. The van der Waals surface area contributed by atoms with Gasteiger partial charge in [-0.2, -0.15) is 0 Å². The third kappa shape index (κ3) is 2.80. The maximum absolute atomic E-state index is 12.4. The summed E-state index contributed by atoms with van der Waals surface area (Å²) in [6.45, 7) is 1.70. The summed E-state index contributed by atoms with van der Waals surface area (Å²) in [5.41, 5.74) is -0.823. The number of carbonyl (C=O) groups excluding carboxylic acids is 1. The molecule has 1 rings (SSSR count). The lowest BCUT2D eigenvalue weighted by Gasteiger charge is -2.07. The lowest BCUT2D eigenvalue weighted by atomic mass is 10.2. The second kappa shape index (κ2) is 5.41. The van der Waals surface area contributed by atoms with E-state index in [9.17, 15) is 13.6 Å². The van der Waals surface area contributed by atoms with E-state index in [0.717, 1.165) is 6.07 Å². The number of halogens is 4. The van der Waals surface area contributed by atoms with Gasteiger partial charge in [-0.3, -0.25) is 0 Å². The second-order valence-electron chi connectivity index (χ2n) is 2.72. The van der Waals surface area contributed by atoms with Gasteiger partial charge in [-0.15, -0.1) is 0 Å². The quantitative estimate of drug-likeness (QED) is 0.623. The molecule has 16 heavy (non-hydrogen) atoms. The summed E-state index contributed by atoms with van der Waals surface area (Å²) in [7, 11) is 0. The van der Waals surface area contributed by atoms with Crippen LogP contribution in [0.3, 0.4) is 0 Å². The molecule has 0 saturated heterocycles. The van der Waals surface area contributed by atoms with Gasteiger partial charge in [-0.05, 0) is 13.0 Å². The van der Waals surface area contributed by atoms with Crippen LogP contribution >= 0.6 is 23.2 Å². The molecule has 1 aromatic rings. The van der Waals surface area contributed by atoms with E-state index in [1.54, 1.807) is 6.92 Å². The highest BCUT2D eigenvalue weighted by Crippen LogP contribution is 2.29. The topological polar surface area (TPSA) is 39.2 Å². The molecule has 0 spiro atoms. The predicted molar refractivity (Wildman–Crippen MR) is 55.2 cm³/mol. The van der Waals surface area contributed by atoms with Crippen LogP contribution in [-0.4, -0.2) is 17.6 Å². The van der Waals surface area contributed by atoms with Gasteiger partial charge >= 0.3 is 5.97 Å². The Morgan fingerprint density at radius 3 is 2.69 bits per heavy atom. The molecule has 0 atom stereocenters. The molecule has 0 aromatic carbocycles. The lowest BCUT2D eigenvalue weighted by Crippen LogP contribution is -2.07. The van der Waals surface area contributed by atoms with Crippen molar-refractivity contribution >= 4 is 29.2 Å². The van der Waals surface area contributed by atoms with E-state index in [2.05, 4.69) is 9.72 Å². The average Bonchev–Trinajstić information content (AvgIpc) is 2.21. The second-order valence-corrected chi connectivity index (χ2v) is 3.46. The van der Waals surface area contributed by atoms with Gasteiger partial charge in [0.1, 0.15) is 10.8 Å². The molecule has 0 radical (unpaired) electrons. The van der Waals surface area contributed by atoms with Crippen LogP contribution in [0.1, 0.15) is 29.4 Å². The zero-order valence-corrected chi connectivity index (χ0v) is 9.65. The Balaban J connectivity index is 3.21. The van der Waals surface area contributed by atoms with E-state index in [1.807, 2.05) is 0 Å². The molecule has 0 N–H and O–H groups in total. The number of hydrogen-bond donors (Lipinski definition) is 0. The van der Waals surface area contributed by atoms with Crippen LogP contribution in [0.25, 0.3) is 0 Å². The third-order valence-electron chi connectivity index (χ3n) is 1.66. The summed E-state index contributed by atoms with van der Waals surface area (Å²) in [5, 5.41) is -0.535. The number of rotatable bonds is 3. The first-order valence-electron chi connectivity index (χ1n) is 4.28. The molecule has 3 nitrogen and oxygen atoms in total. The van der Waals surface area contributed by atoms with Crippen molar-refractivity contribution in [1.82, 2.24) is 4.98 Å². The van der Waals surface area contributed by atoms with Crippen molar-refractivity contribution < 1.29 is 18.3 Å². The first kappa shape index (κ1) is 13.1. The summed E-state index contributed by atoms with van der Waals surface area (Å²) in [6.07, 6.45) is -2.83. The first-order valence-corrected chi connectivity index (χ1v) is 5.04. The summed E-state index contributed by atoms with van der Waals surface area (Å²) in [4.78, 5) is 14.7. The van der Waals surface area contributed by atoms with Crippen LogP contribution in [0.15, 0.2) is 6.07 Å². The van der Waals surface area contributed by atoms with Crippen LogP contribution < -0.4 is 0 Å². The third-order valence-corrected chi connectivity index (χ3v) is 2.41. The van der Waals surface area contributed by atoms with Gasteiger partial charge in [0, 0.05) is 0 Å².